The van der Waals surface area contributed by atoms with Crippen LogP contribution in [0.1, 0.15) is 19.8 Å². The Morgan fingerprint density at radius 3 is 2.85 bits per heavy atom. The van der Waals surface area contributed by atoms with Gasteiger partial charge < -0.3 is 10.2 Å². The van der Waals surface area contributed by atoms with Crippen molar-refractivity contribution in [2.45, 2.75) is 19.8 Å². The number of carbonyl (C=O) groups is 2. The molecule has 0 spiro atoms. The van der Waals surface area contributed by atoms with Gasteiger partial charge >= 0.3 is 0 Å². The van der Waals surface area contributed by atoms with Crippen LogP contribution in [-0.2, 0) is 9.59 Å². The zero-order valence-corrected chi connectivity index (χ0v) is 12.7. The molecule has 1 aliphatic rings. The highest BCUT2D eigenvalue weighted by Gasteiger charge is 2.35. The molecular weight excluding hydrogens is 299 g/mol. The van der Waals surface area contributed by atoms with Gasteiger partial charge in [-0.05, 0) is 24.6 Å². The SMILES string of the molecule is CCCNC(=O)C1CC(=O)N(c2ccc(Cl)cc2Cl)C1. The summed E-state index contributed by atoms with van der Waals surface area (Å²) in [5.74, 6) is -0.487. The molecule has 1 heterocycles. The second-order valence-electron chi connectivity index (χ2n) is 4.79. The van der Waals surface area contributed by atoms with E-state index in [0.717, 1.165) is 6.42 Å². The lowest BCUT2D eigenvalue weighted by molar-refractivity contribution is -0.126. The smallest absolute Gasteiger partial charge is 0.227 e. The molecule has 0 radical (unpaired) electrons. The number of rotatable bonds is 4. The predicted octanol–water partition coefficient (Wildman–Crippen LogP) is 2.87. The molecular formula is C14H16Cl2N2O2. The van der Waals surface area contributed by atoms with Crippen molar-refractivity contribution in [3.63, 3.8) is 0 Å². The van der Waals surface area contributed by atoms with Gasteiger partial charge in [0, 0.05) is 24.5 Å². The summed E-state index contributed by atoms with van der Waals surface area (Å²) in [5, 5.41) is 3.75. The van der Waals surface area contributed by atoms with Gasteiger partial charge in [-0.3, -0.25) is 9.59 Å². The molecule has 1 N–H and O–H groups in total. The summed E-state index contributed by atoms with van der Waals surface area (Å²) in [7, 11) is 0. The van der Waals surface area contributed by atoms with Crippen LogP contribution in [0, 0.1) is 5.92 Å². The van der Waals surface area contributed by atoms with E-state index < -0.39 is 0 Å². The van der Waals surface area contributed by atoms with Gasteiger partial charge in [0.1, 0.15) is 0 Å². The van der Waals surface area contributed by atoms with Crippen molar-refractivity contribution in [3.05, 3.63) is 28.2 Å². The number of halogens is 2. The molecule has 0 bridgehead atoms. The molecule has 2 rings (SSSR count). The Labute approximate surface area is 128 Å². The maximum Gasteiger partial charge on any atom is 0.227 e. The number of nitrogens with one attached hydrogen (secondary N) is 1. The van der Waals surface area contributed by atoms with Crippen molar-refractivity contribution in [2.75, 3.05) is 18.0 Å². The van der Waals surface area contributed by atoms with E-state index in [4.69, 9.17) is 23.2 Å². The Balaban J connectivity index is 2.11. The van der Waals surface area contributed by atoms with Gasteiger partial charge in [0.05, 0.1) is 16.6 Å². The van der Waals surface area contributed by atoms with Crippen LogP contribution >= 0.6 is 23.2 Å². The third-order valence-corrected chi connectivity index (χ3v) is 3.78. The Morgan fingerprint density at radius 2 is 2.20 bits per heavy atom. The molecule has 1 aromatic carbocycles. The summed E-state index contributed by atoms with van der Waals surface area (Å²) >= 11 is 12.0. The van der Waals surface area contributed by atoms with Gasteiger partial charge in [0.2, 0.25) is 11.8 Å². The van der Waals surface area contributed by atoms with E-state index in [9.17, 15) is 9.59 Å². The van der Waals surface area contributed by atoms with E-state index in [0.29, 0.717) is 28.8 Å². The first-order chi connectivity index (χ1) is 9.52. The lowest BCUT2D eigenvalue weighted by Crippen LogP contribution is -2.33. The van der Waals surface area contributed by atoms with Crippen LogP contribution in [0.4, 0.5) is 5.69 Å². The molecule has 2 amide bonds. The highest BCUT2D eigenvalue weighted by molar-refractivity contribution is 6.36. The molecule has 0 aliphatic carbocycles. The molecule has 1 fully saturated rings. The van der Waals surface area contributed by atoms with Crippen molar-refractivity contribution < 1.29 is 9.59 Å². The standard InChI is InChI=1S/C14H16Cl2N2O2/c1-2-5-17-14(20)9-6-13(19)18(8-9)12-4-3-10(15)7-11(12)16/h3-4,7,9H,2,5-6,8H2,1H3,(H,17,20). The molecule has 1 aromatic rings. The van der Waals surface area contributed by atoms with Gasteiger partial charge in [-0.1, -0.05) is 30.1 Å². The van der Waals surface area contributed by atoms with E-state index in [-0.39, 0.29) is 24.2 Å². The fourth-order valence-corrected chi connectivity index (χ4v) is 2.72. The van der Waals surface area contributed by atoms with Crippen LogP contribution in [0.3, 0.4) is 0 Å². The number of anilines is 1. The number of benzene rings is 1. The average molecular weight is 315 g/mol. The minimum Gasteiger partial charge on any atom is -0.356 e. The van der Waals surface area contributed by atoms with Gasteiger partial charge in [-0.25, -0.2) is 0 Å². The second kappa shape index (κ2) is 6.46. The van der Waals surface area contributed by atoms with Crippen LogP contribution in [0.15, 0.2) is 18.2 Å². The van der Waals surface area contributed by atoms with Gasteiger partial charge in [0.25, 0.3) is 0 Å². The lowest BCUT2D eigenvalue weighted by Gasteiger charge is -2.18. The highest BCUT2D eigenvalue weighted by atomic mass is 35.5. The van der Waals surface area contributed by atoms with Gasteiger partial charge in [0.15, 0.2) is 0 Å². The zero-order chi connectivity index (χ0) is 14.7. The Bertz CT molecular complexity index is 534. The summed E-state index contributed by atoms with van der Waals surface area (Å²) in [5.41, 5.74) is 0.604. The molecule has 1 unspecified atom stereocenters. The third kappa shape index (κ3) is 3.25. The summed E-state index contributed by atoms with van der Waals surface area (Å²) in [6.45, 7) is 2.97. The number of amides is 2. The van der Waals surface area contributed by atoms with E-state index >= 15 is 0 Å². The summed E-state index contributed by atoms with van der Waals surface area (Å²) in [6, 6.07) is 4.98. The quantitative estimate of drug-likeness (QED) is 0.929. The van der Waals surface area contributed by atoms with Crippen LogP contribution < -0.4 is 10.2 Å². The van der Waals surface area contributed by atoms with E-state index in [1.165, 1.54) is 0 Å². The van der Waals surface area contributed by atoms with Crippen molar-refractivity contribution >= 4 is 40.7 Å². The largest absolute Gasteiger partial charge is 0.356 e. The summed E-state index contributed by atoms with van der Waals surface area (Å²) in [6.07, 6.45) is 1.09. The van der Waals surface area contributed by atoms with Crippen LogP contribution in [-0.4, -0.2) is 24.9 Å². The zero-order valence-electron chi connectivity index (χ0n) is 11.2. The van der Waals surface area contributed by atoms with E-state index in [2.05, 4.69) is 5.32 Å². The molecule has 0 saturated carbocycles. The molecule has 0 aromatic heterocycles. The van der Waals surface area contributed by atoms with Crippen molar-refractivity contribution in [1.82, 2.24) is 5.32 Å². The molecule has 1 saturated heterocycles. The Hall–Kier alpha value is -1.26. The molecule has 108 valence electrons. The lowest BCUT2D eigenvalue weighted by atomic mass is 10.1. The Kier molecular flexibility index (Phi) is 4.89. The first-order valence-corrected chi connectivity index (χ1v) is 7.31. The second-order valence-corrected chi connectivity index (χ2v) is 5.64. The first-order valence-electron chi connectivity index (χ1n) is 6.56. The van der Waals surface area contributed by atoms with Crippen LogP contribution in [0.25, 0.3) is 0 Å². The van der Waals surface area contributed by atoms with Crippen LogP contribution in [0.5, 0.6) is 0 Å². The predicted molar refractivity (Wildman–Crippen MR) is 80.2 cm³/mol. The number of hydrogen-bond acceptors (Lipinski definition) is 2. The van der Waals surface area contributed by atoms with Gasteiger partial charge in [-0.15, -0.1) is 0 Å². The minimum absolute atomic E-state index is 0.0761. The topological polar surface area (TPSA) is 49.4 Å². The van der Waals surface area contributed by atoms with Crippen LogP contribution in [0.2, 0.25) is 10.0 Å². The minimum atomic E-state index is -0.319. The van der Waals surface area contributed by atoms with Crippen molar-refractivity contribution in [1.29, 1.82) is 0 Å². The van der Waals surface area contributed by atoms with Crippen molar-refractivity contribution in [3.8, 4) is 0 Å². The third-order valence-electron chi connectivity index (χ3n) is 3.25. The average Bonchev–Trinajstić information content (AvgIpc) is 2.78. The van der Waals surface area contributed by atoms with Crippen molar-refractivity contribution in [2.24, 2.45) is 5.92 Å². The first kappa shape index (κ1) is 15.1. The molecule has 4 nitrogen and oxygen atoms in total. The fourth-order valence-electron chi connectivity index (χ4n) is 2.21. The van der Waals surface area contributed by atoms with E-state index in [1.54, 1.807) is 23.1 Å². The summed E-state index contributed by atoms with van der Waals surface area (Å²) < 4.78 is 0. The molecule has 6 heteroatoms. The molecule has 20 heavy (non-hydrogen) atoms. The number of hydrogen-bond donors (Lipinski definition) is 1. The van der Waals surface area contributed by atoms with E-state index in [1.807, 2.05) is 6.92 Å². The number of carbonyl (C=O) groups excluding carboxylic acids is 2. The van der Waals surface area contributed by atoms with Gasteiger partial charge in [-0.2, -0.15) is 0 Å². The normalized spacial score (nSPS) is 18.4. The Morgan fingerprint density at radius 1 is 1.45 bits per heavy atom. The summed E-state index contributed by atoms with van der Waals surface area (Å²) in [4.78, 5) is 25.5. The maximum atomic E-state index is 12.1. The maximum absolute atomic E-state index is 12.1. The fraction of sp³-hybridized carbons (Fsp3) is 0.429. The highest BCUT2D eigenvalue weighted by Crippen LogP contribution is 2.33. The molecule has 1 aliphatic heterocycles. The monoisotopic (exact) mass is 314 g/mol. The number of nitrogens with zero attached hydrogens (tertiary/aromatic N) is 1. The molecule has 1 atom stereocenters.